The molecule has 0 bridgehead atoms. The average molecular weight is 202 g/mol. The predicted octanol–water partition coefficient (Wildman–Crippen LogP) is 2.12. The molecule has 13 heavy (non-hydrogen) atoms. The Morgan fingerprint density at radius 3 is 2.15 bits per heavy atom. The van der Waals surface area contributed by atoms with E-state index < -0.39 is 14.3 Å². The van der Waals surface area contributed by atoms with Crippen molar-refractivity contribution in [2.45, 2.75) is 45.8 Å². The van der Waals surface area contributed by atoms with Crippen LogP contribution in [0.2, 0.25) is 19.6 Å². The first-order valence-electron chi connectivity index (χ1n) is 4.63. The summed E-state index contributed by atoms with van der Waals surface area (Å²) in [6.45, 7) is 7.64. The van der Waals surface area contributed by atoms with Crippen LogP contribution >= 0.6 is 0 Å². The second kappa shape index (κ2) is 5.17. The number of Topliss-reactive ketones (excluding diaryl/α,β-unsaturated/α-hetero) is 1. The normalized spacial score (nSPS) is 11.1. The summed E-state index contributed by atoms with van der Waals surface area (Å²) in [6, 6.07) is 0. The van der Waals surface area contributed by atoms with Crippen molar-refractivity contribution in [3.05, 3.63) is 0 Å². The lowest BCUT2D eigenvalue weighted by atomic mass is 10.2. The number of hydrogen-bond acceptors (Lipinski definition) is 3. The zero-order valence-electron chi connectivity index (χ0n) is 8.85. The smallest absolute Gasteiger partial charge is 0.361 e. The van der Waals surface area contributed by atoms with Crippen LogP contribution in [0.1, 0.15) is 26.2 Å². The van der Waals surface area contributed by atoms with Gasteiger partial charge in [-0.2, -0.15) is 0 Å². The maximum absolute atomic E-state index is 11.1. The molecule has 0 radical (unpaired) electrons. The van der Waals surface area contributed by atoms with Gasteiger partial charge in [-0.05, 0) is 26.1 Å². The van der Waals surface area contributed by atoms with Gasteiger partial charge in [0.05, 0.1) is 0 Å². The van der Waals surface area contributed by atoms with Gasteiger partial charge in [-0.1, -0.05) is 13.3 Å². The molecule has 0 aromatic carbocycles. The van der Waals surface area contributed by atoms with Gasteiger partial charge >= 0.3 is 5.97 Å². The van der Waals surface area contributed by atoms with E-state index in [9.17, 15) is 9.59 Å². The van der Waals surface area contributed by atoms with Gasteiger partial charge in [-0.15, -0.1) is 0 Å². The zero-order valence-corrected chi connectivity index (χ0v) is 9.85. The van der Waals surface area contributed by atoms with E-state index in [-0.39, 0.29) is 5.78 Å². The molecule has 0 aliphatic rings. The minimum Gasteiger partial charge on any atom is -0.514 e. The van der Waals surface area contributed by atoms with Gasteiger partial charge in [0.25, 0.3) is 0 Å². The number of ketones is 1. The molecule has 3 nitrogen and oxygen atoms in total. The summed E-state index contributed by atoms with van der Waals surface area (Å²) in [7, 11) is -1.89. The van der Waals surface area contributed by atoms with Crippen LogP contribution in [-0.4, -0.2) is 20.1 Å². The molecule has 0 amide bonds. The second-order valence-corrected chi connectivity index (χ2v) is 8.46. The summed E-state index contributed by atoms with van der Waals surface area (Å²) >= 11 is 0. The van der Waals surface area contributed by atoms with Crippen LogP contribution in [0, 0.1) is 0 Å². The highest BCUT2D eigenvalue weighted by Gasteiger charge is 2.24. The fourth-order valence-corrected chi connectivity index (χ4v) is 1.44. The van der Waals surface area contributed by atoms with Gasteiger partial charge in [0.15, 0.2) is 0 Å². The van der Waals surface area contributed by atoms with Crippen molar-refractivity contribution in [3.8, 4) is 0 Å². The summed E-state index contributed by atoms with van der Waals surface area (Å²) in [5, 5.41) is 0. The van der Waals surface area contributed by atoms with Gasteiger partial charge in [0.1, 0.15) is 0 Å². The van der Waals surface area contributed by atoms with Crippen LogP contribution in [0.3, 0.4) is 0 Å². The lowest BCUT2D eigenvalue weighted by Gasteiger charge is -2.16. The Labute approximate surface area is 80.6 Å². The first-order valence-corrected chi connectivity index (χ1v) is 8.04. The molecule has 0 aromatic rings. The van der Waals surface area contributed by atoms with Crippen molar-refractivity contribution in [2.24, 2.45) is 0 Å². The Morgan fingerprint density at radius 1 is 1.23 bits per heavy atom. The predicted molar refractivity (Wildman–Crippen MR) is 54.0 cm³/mol. The molecule has 0 heterocycles. The molecule has 76 valence electrons. The largest absolute Gasteiger partial charge is 0.514 e. The lowest BCUT2D eigenvalue weighted by Crippen LogP contribution is -2.32. The molecule has 0 rings (SSSR count). The van der Waals surface area contributed by atoms with Crippen molar-refractivity contribution < 1.29 is 14.0 Å². The molecular weight excluding hydrogens is 184 g/mol. The number of hydrogen-bond donors (Lipinski definition) is 0. The number of carbonyl (C=O) groups is 2. The molecule has 0 unspecified atom stereocenters. The molecule has 0 atom stereocenters. The van der Waals surface area contributed by atoms with Crippen molar-refractivity contribution >= 4 is 20.1 Å². The van der Waals surface area contributed by atoms with Crippen molar-refractivity contribution in [1.29, 1.82) is 0 Å². The standard InChI is InChI=1S/C9H18O3Si/c1-5-6-7-8(10)9(11)12-13(2,3)4/h5-7H2,1-4H3. The van der Waals surface area contributed by atoms with Crippen LogP contribution in [0.4, 0.5) is 0 Å². The monoisotopic (exact) mass is 202 g/mol. The summed E-state index contributed by atoms with van der Waals surface area (Å²) in [5.74, 6) is -1.03. The van der Waals surface area contributed by atoms with Gasteiger partial charge in [0.2, 0.25) is 14.1 Å². The van der Waals surface area contributed by atoms with Gasteiger partial charge in [-0.3, -0.25) is 4.79 Å². The fourth-order valence-electron chi connectivity index (χ4n) is 0.774. The van der Waals surface area contributed by atoms with Gasteiger partial charge < -0.3 is 4.43 Å². The molecule has 0 N–H and O–H groups in total. The molecular formula is C9H18O3Si. The topological polar surface area (TPSA) is 43.4 Å². The number of rotatable bonds is 5. The zero-order chi connectivity index (χ0) is 10.5. The average Bonchev–Trinajstić information content (AvgIpc) is 1.96. The molecule has 0 aliphatic carbocycles. The Morgan fingerprint density at radius 2 is 1.77 bits per heavy atom. The maximum atomic E-state index is 11.1. The van der Waals surface area contributed by atoms with E-state index in [1.54, 1.807) is 0 Å². The van der Waals surface area contributed by atoms with E-state index in [1.165, 1.54) is 0 Å². The van der Waals surface area contributed by atoms with Crippen LogP contribution in [0.25, 0.3) is 0 Å². The van der Waals surface area contributed by atoms with Crippen LogP contribution < -0.4 is 0 Å². The van der Waals surface area contributed by atoms with E-state index in [4.69, 9.17) is 4.43 Å². The highest BCUT2D eigenvalue weighted by molar-refractivity contribution is 6.72. The van der Waals surface area contributed by atoms with E-state index in [1.807, 2.05) is 26.6 Å². The number of unbranched alkanes of at least 4 members (excludes halogenated alkanes) is 1. The third-order valence-corrected chi connectivity index (χ3v) is 2.18. The summed E-state index contributed by atoms with van der Waals surface area (Å²) in [4.78, 5) is 22.3. The number of carbonyl (C=O) groups excluding carboxylic acids is 2. The Hall–Kier alpha value is -0.643. The third-order valence-electron chi connectivity index (χ3n) is 1.38. The lowest BCUT2D eigenvalue weighted by molar-refractivity contribution is -0.147. The van der Waals surface area contributed by atoms with E-state index in [2.05, 4.69) is 0 Å². The highest BCUT2D eigenvalue weighted by atomic mass is 28.4. The Bertz CT molecular complexity index is 194. The third kappa shape index (κ3) is 6.51. The first kappa shape index (κ1) is 12.4. The van der Waals surface area contributed by atoms with Crippen molar-refractivity contribution in [1.82, 2.24) is 0 Å². The molecule has 0 aromatic heterocycles. The maximum Gasteiger partial charge on any atom is 0.361 e. The van der Waals surface area contributed by atoms with Crippen molar-refractivity contribution in [2.75, 3.05) is 0 Å². The summed E-state index contributed by atoms with van der Waals surface area (Å²) in [6.07, 6.45) is 2.01. The molecule has 0 fully saturated rings. The molecule has 0 spiro atoms. The molecule has 4 heteroatoms. The van der Waals surface area contributed by atoms with Gasteiger partial charge in [-0.25, -0.2) is 4.79 Å². The molecule has 0 aliphatic heterocycles. The van der Waals surface area contributed by atoms with Crippen molar-refractivity contribution in [3.63, 3.8) is 0 Å². The fraction of sp³-hybridized carbons (Fsp3) is 0.778. The molecule has 0 saturated heterocycles. The highest BCUT2D eigenvalue weighted by Crippen LogP contribution is 2.05. The Kier molecular flexibility index (Phi) is 4.91. The van der Waals surface area contributed by atoms with E-state index in [0.29, 0.717) is 6.42 Å². The quantitative estimate of drug-likeness (QED) is 0.506. The van der Waals surface area contributed by atoms with Gasteiger partial charge in [0, 0.05) is 6.42 Å². The summed E-state index contributed by atoms with van der Waals surface area (Å²) < 4.78 is 5.05. The first-order chi connectivity index (χ1) is 5.87. The van der Waals surface area contributed by atoms with Crippen LogP contribution in [0.5, 0.6) is 0 Å². The second-order valence-electron chi connectivity index (χ2n) is 4.03. The van der Waals surface area contributed by atoms with E-state index >= 15 is 0 Å². The van der Waals surface area contributed by atoms with Crippen LogP contribution in [-0.2, 0) is 14.0 Å². The van der Waals surface area contributed by atoms with Crippen LogP contribution in [0.15, 0.2) is 0 Å². The van der Waals surface area contributed by atoms with E-state index in [0.717, 1.165) is 12.8 Å². The molecule has 0 saturated carbocycles. The SMILES string of the molecule is CCCCC(=O)C(=O)O[Si](C)(C)C. The minimum absolute atomic E-state index is 0.319. The Balaban J connectivity index is 3.91. The summed E-state index contributed by atoms with van der Waals surface area (Å²) in [5.41, 5.74) is 0. The minimum atomic E-state index is -1.89.